The largest absolute Gasteiger partial charge is 0.460 e. The third-order valence-electron chi connectivity index (χ3n) is 14.9. The van der Waals surface area contributed by atoms with Crippen LogP contribution < -0.4 is 5.32 Å². The number of ketones is 3. The first-order valence-electron chi connectivity index (χ1n) is 24.9. The van der Waals surface area contributed by atoms with Crippen LogP contribution in [-0.2, 0) is 52.5 Å². The van der Waals surface area contributed by atoms with Gasteiger partial charge < -0.3 is 44.1 Å². The van der Waals surface area contributed by atoms with E-state index in [4.69, 9.17) is 23.7 Å². The van der Waals surface area contributed by atoms with Crippen molar-refractivity contribution in [3.63, 3.8) is 0 Å². The molecule has 3 heterocycles. The zero-order chi connectivity index (χ0) is 50.5. The molecular weight excluding hydrogens is 873 g/mol. The number of carbonyl (C=O) groups excluding carboxylic acids is 6. The van der Waals surface area contributed by atoms with E-state index in [0.717, 1.165) is 5.57 Å². The molecule has 0 aromatic rings. The van der Waals surface area contributed by atoms with Crippen LogP contribution in [0.4, 0.5) is 0 Å². The van der Waals surface area contributed by atoms with Crippen molar-refractivity contribution in [2.75, 3.05) is 27.9 Å². The van der Waals surface area contributed by atoms with Gasteiger partial charge >= 0.3 is 5.97 Å². The van der Waals surface area contributed by atoms with E-state index in [0.29, 0.717) is 69.8 Å². The van der Waals surface area contributed by atoms with Crippen LogP contribution in [0.15, 0.2) is 47.6 Å². The molecule has 1 aliphatic carbocycles. The Kier molecular flexibility index (Phi) is 22.0. The van der Waals surface area contributed by atoms with E-state index in [-0.39, 0.29) is 54.8 Å². The molecule has 3 N–H and O–H groups in total. The number of aliphatic hydroxyl groups is 2. The Hall–Kier alpha value is -3.86. The number of Topliss-reactive ketones (excluding diaryl/α,β-unsaturated/α-hetero) is 3. The number of carbonyl (C=O) groups is 6. The highest BCUT2D eigenvalue weighted by atomic mass is 16.6. The number of methoxy groups -OCH3 is 3. The van der Waals surface area contributed by atoms with Gasteiger partial charge in [-0.2, -0.15) is 0 Å². The van der Waals surface area contributed by atoms with Crippen LogP contribution in [0.25, 0.3) is 0 Å². The SMILES string of the molecule is COC1CC2CCC(C)C(NC(C)=O)(O2)C(=O)C(=O)N2CCCCC2C(=O)OC(C(C)CC2CCC(O)C(OC)C2)CC(=O)C(C)/C=C(\C)C(O)C(OC)C(=O)C(C)CC(C)/C=C/C=CC=C1C. The highest BCUT2D eigenvalue weighted by Gasteiger charge is 2.55. The summed E-state index contributed by atoms with van der Waals surface area (Å²) in [5.74, 6) is -5.80. The Balaban J connectivity index is 1.75. The first-order valence-corrected chi connectivity index (χ1v) is 24.9. The number of cyclic esters (lactones) is 1. The maximum absolute atomic E-state index is 14.8. The first-order chi connectivity index (χ1) is 32.2. The molecule has 2 saturated heterocycles. The molecule has 1 saturated carbocycles. The number of hydrogen-bond acceptors (Lipinski definition) is 13. The average Bonchev–Trinajstić information content (AvgIpc) is 3.30. The number of ether oxygens (including phenoxy) is 5. The molecule has 0 aromatic heterocycles. The second kappa shape index (κ2) is 26.4. The van der Waals surface area contributed by atoms with Gasteiger partial charge in [-0.3, -0.25) is 24.0 Å². The summed E-state index contributed by atoms with van der Waals surface area (Å²) in [7, 11) is 4.53. The molecule has 382 valence electrons. The van der Waals surface area contributed by atoms with Crippen molar-refractivity contribution >= 4 is 35.1 Å². The minimum atomic E-state index is -2.01. The van der Waals surface area contributed by atoms with Crippen LogP contribution >= 0.6 is 0 Å². The predicted molar refractivity (Wildman–Crippen MR) is 257 cm³/mol. The Labute approximate surface area is 404 Å². The Bertz CT molecular complexity index is 1880. The zero-order valence-corrected chi connectivity index (χ0v) is 42.6. The topological polar surface area (TPSA) is 204 Å². The summed E-state index contributed by atoms with van der Waals surface area (Å²) in [4.78, 5) is 86.0. The zero-order valence-electron chi connectivity index (χ0n) is 42.6. The van der Waals surface area contributed by atoms with Crippen LogP contribution in [0.3, 0.4) is 0 Å². The van der Waals surface area contributed by atoms with E-state index < -0.39 is 89.7 Å². The van der Waals surface area contributed by atoms with Crippen LogP contribution in [0.1, 0.15) is 132 Å². The fourth-order valence-corrected chi connectivity index (χ4v) is 10.6. The minimum absolute atomic E-state index is 0.0102. The standard InChI is InChI=1S/C53H82N2O13/c1-31-17-13-12-14-18-32(2)44(64-9)29-40-22-20-37(7)53(68-40,54-38(8)56)50(61)51(62)55-24-16-15-19-41(55)52(63)67-45(34(4)27-39-21-23-42(57)46(28-39)65-10)30-43(58)33(3)26-36(6)48(60)49(66-11)47(59)35(5)25-31/h12-14,17-18,26,31,33-35,37,39-42,44-46,48-49,57,60H,15-16,19-25,27-30H2,1-11H3,(H,54,56)/b14-12?,17-13+,32-18?,36-26+. The molecular formula is C53H82N2O13. The van der Waals surface area contributed by atoms with Gasteiger partial charge in [-0.15, -0.1) is 0 Å². The summed E-state index contributed by atoms with van der Waals surface area (Å²) in [6, 6.07) is -1.15. The number of piperidine rings is 1. The normalized spacial score (nSPS) is 37.8. The molecule has 0 aromatic carbocycles. The molecule has 15 atom stereocenters. The van der Waals surface area contributed by atoms with Gasteiger partial charge in [-0.1, -0.05) is 71.1 Å². The van der Waals surface area contributed by atoms with E-state index in [1.165, 1.54) is 18.9 Å². The molecule has 2 bridgehead atoms. The summed E-state index contributed by atoms with van der Waals surface area (Å²) >= 11 is 0. The van der Waals surface area contributed by atoms with E-state index in [2.05, 4.69) is 5.32 Å². The van der Waals surface area contributed by atoms with Crippen molar-refractivity contribution in [3.05, 3.63) is 47.6 Å². The van der Waals surface area contributed by atoms with Gasteiger partial charge in [0, 0.05) is 65.4 Å². The van der Waals surface area contributed by atoms with Crippen LogP contribution in [0.5, 0.6) is 0 Å². The number of allylic oxidation sites excluding steroid dienone is 6. The number of fused-ring (bicyclic) bond motifs is 3. The van der Waals surface area contributed by atoms with E-state index in [1.54, 1.807) is 41.1 Å². The van der Waals surface area contributed by atoms with E-state index in [9.17, 15) is 39.0 Å². The number of aliphatic hydroxyl groups excluding tert-OH is 2. The van der Waals surface area contributed by atoms with Crippen LogP contribution in [0, 0.1) is 35.5 Å². The van der Waals surface area contributed by atoms with Crippen molar-refractivity contribution in [1.29, 1.82) is 0 Å². The molecule has 0 radical (unpaired) electrons. The van der Waals surface area contributed by atoms with Gasteiger partial charge in [0.1, 0.15) is 30.1 Å². The maximum atomic E-state index is 14.8. The van der Waals surface area contributed by atoms with Gasteiger partial charge in [-0.25, -0.2) is 4.79 Å². The molecule has 15 nitrogen and oxygen atoms in total. The highest BCUT2D eigenvalue weighted by Crippen LogP contribution is 2.38. The molecule has 4 aliphatic rings. The molecule has 0 spiro atoms. The fourth-order valence-electron chi connectivity index (χ4n) is 10.6. The second-order valence-corrected chi connectivity index (χ2v) is 20.3. The van der Waals surface area contributed by atoms with Gasteiger partial charge in [0.05, 0.1) is 24.4 Å². The van der Waals surface area contributed by atoms with Crippen LogP contribution in [0.2, 0.25) is 0 Å². The molecule has 68 heavy (non-hydrogen) atoms. The quantitative estimate of drug-likeness (QED) is 0.145. The molecule has 15 heteroatoms. The Morgan fingerprint density at radius 2 is 1.60 bits per heavy atom. The summed E-state index contributed by atoms with van der Waals surface area (Å²) in [5, 5.41) is 24.7. The van der Waals surface area contributed by atoms with E-state index >= 15 is 0 Å². The van der Waals surface area contributed by atoms with E-state index in [1.807, 2.05) is 58.1 Å². The average molecular weight is 955 g/mol. The lowest BCUT2D eigenvalue weighted by molar-refractivity contribution is -0.198. The molecule has 3 fully saturated rings. The third kappa shape index (κ3) is 14.8. The number of hydrogen-bond donors (Lipinski definition) is 3. The Morgan fingerprint density at radius 3 is 2.26 bits per heavy atom. The predicted octanol–water partition coefficient (Wildman–Crippen LogP) is 6.32. The van der Waals surface area contributed by atoms with Crippen molar-refractivity contribution in [2.24, 2.45) is 35.5 Å². The third-order valence-corrected chi connectivity index (χ3v) is 14.9. The van der Waals surface area contributed by atoms with Crippen molar-refractivity contribution in [1.82, 2.24) is 10.2 Å². The number of rotatable bonds is 7. The second-order valence-electron chi connectivity index (χ2n) is 20.3. The number of nitrogens with zero attached hydrogens (tertiary/aromatic N) is 1. The first kappa shape index (κ1) is 56.7. The molecule has 2 amide bonds. The lowest BCUT2D eigenvalue weighted by Gasteiger charge is -2.46. The van der Waals surface area contributed by atoms with Crippen molar-refractivity contribution in [3.8, 4) is 0 Å². The summed E-state index contributed by atoms with van der Waals surface area (Å²) < 4.78 is 29.9. The van der Waals surface area contributed by atoms with Crippen molar-refractivity contribution in [2.45, 2.75) is 187 Å². The summed E-state index contributed by atoms with van der Waals surface area (Å²) in [6.07, 6.45) is 11.2. The van der Waals surface area contributed by atoms with Gasteiger partial charge in [0.25, 0.3) is 11.7 Å². The monoisotopic (exact) mass is 955 g/mol. The maximum Gasteiger partial charge on any atom is 0.329 e. The van der Waals surface area contributed by atoms with Gasteiger partial charge in [0.2, 0.25) is 11.6 Å². The fraction of sp³-hybridized carbons (Fsp3) is 0.736. The lowest BCUT2D eigenvalue weighted by Crippen LogP contribution is -2.67. The highest BCUT2D eigenvalue weighted by molar-refractivity contribution is 6.39. The minimum Gasteiger partial charge on any atom is -0.460 e. The lowest BCUT2D eigenvalue weighted by atomic mass is 9.78. The van der Waals surface area contributed by atoms with Gasteiger partial charge in [0.15, 0.2) is 5.78 Å². The van der Waals surface area contributed by atoms with Crippen molar-refractivity contribution < 1.29 is 62.7 Å². The number of esters is 1. The summed E-state index contributed by atoms with van der Waals surface area (Å²) in [5.41, 5.74) is -0.742. The number of amides is 2. The Morgan fingerprint density at radius 1 is 0.882 bits per heavy atom. The van der Waals surface area contributed by atoms with Gasteiger partial charge in [-0.05, 0) is 107 Å². The molecule has 15 unspecified atom stereocenters. The summed E-state index contributed by atoms with van der Waals surface area (Å²) in [6.45, 7) is 14.1. The smallest absolute Gasteiger partial charge is 0.329 e. The molecule has 4 rings (SSSR count). The number of nitrogens with one attached hydrogen (secondary N) is 1. The molecule has 3 aliphatic heterocycles. The van der Waals surface area contributed by atoms with Crippen LogP contribution in [-0.4, -0.2) is 133 Å².